The number of carbonyl (C=O) groups excluding carboxylic acids is 1. The van der Waals surface area contributed by atoms with Crippen LogP contribution in [0.1, 0.15) is 41.4 Å². The highest BCUT2D eigenvalue weighted by Gasteiger charge is 2.08. The van der Waals surface area contributed by atoms with Gasteiger partial charge in [-0.05, 0) is 29.2 Å². The number of anilines is 2. The molecule has 26 heavy (non-hydrogen) atoms. The van der Waals surface area contributed by atoms with Crippen molar-refractivity contribution in [3.63, 3.8) is 0 Å². The zero-order chi connectivity index (χ0) is 18.4. The molecular formula is C21H22N4O. The van der Waals surface area contributed by atoms with Crippen molar-refractivity contribution in [2.75, 3.05) is 5.32 Å². The molecule has 0 fully saturated rings. The van der Waals surface area contributed by atoms with Crippen LogP contribution in [-0.2, 0) is 6.54 Å². The quantitative estimate of drug-likeness (QED) is 0.699. The average Bonchev–Trinajstić information content (AvgIpc) is 2.68. The molecule has 0 radical (unpaired) electrons. The Bertz CT molecular complexity index is 843. The van der Waals surface area contributed by atoms with E-state index < -0.39 is 0 Å². The highest BCUT2D eigenvalue weighted by atomic mass is 16.1. The Morgan fingerprint density at radius 3 is 2.31 bits per heavy atom. The lowest BCUT2D eigenvalue weighted by Gasteiger charge is -2.09. The predicted octanol–water partition coefficient (Wildman–Crippen LogP) is 4.27. The van der Waals surface area contributed by atoms with Crippen LogP contribution in [0, 0.1) is 0 Å². The van der Waals surface area contributed by atoms with Crippen molar-refractivity contribution >= 4 is 17.4 Å². The summed E-state index contributed by atoms with van der Waals surface area (Å²) in [5, 5.41) is 6.03. The van der Waals surface area contributed by atoms with Gasteiger partial charge in [0.1, 0.15) is 11.5 Å². The Balaban J connectivity index is 1.58. The molecule has 0 aliphatic rings. The minimum atomic E-state index is -0.241. The number of hydrogen-bond donors (Lipinski definition) is 2. The molecule has 0 saturated heterocycles. The molecule has 0 aliphatic heterocycles. The van der Waals surface area contributed by atoms with Gasteiger partial charge in [-0.15, -0.1) is 0 Å². The molecule has 5 nitrogen and oxygen atoms in total. The number of benzene rings is 2. The third kappa shape index (κ3) is 4.66. The largest absolute Gasteiger partial charge is 0.347 e. The SMILES string of the molecule is CC(C)c1ccc(Nc2cnc(C(=O)NCc3ccccc3)cn2)cc1. The summed E-state index contributed by atoms with van der Waals surface area (Å²) in [5.41, 5.74) is 3.55. The fourth-order valence-corrected chi connectivity index (χ4v) is 2.48. The lowest BCUT2D eigenvalue weighted by atomic mass is 10.0. The summed E-state index contributed by atoms with van der Waals surface area (Å²) in [7, 11) is 0. The van der Waals surface area contributed by atoms with Gasteiger partial charge in [0.05, 0.1) is 12.4 Å². The van der Waals surface area contributed by atoms with Crippen LogP contribution in [0.25, 0.3) is 0 Å². The van der Waals surface area contributed by atoms with Crippen molar-refractivity contribution in [3.8, 4) is 0 Å². The van der Waals surface area contributed by atoms with E-state index in [-0.39, 0.29) is 5.91 Å². The number of carbonyl (C=O) groups is 1. The molecule has 3 rings (SSSR count). The van der Waals surface area contributed by atoms with E-state index in [1.807, 2.05) is 42.5 Å². The highest BCUT2D eigenvalue weighted by Crippen LogP contribution is 2.19. The number of rotatable bonds is 6. The Labute approximate surface area is 153 Å². The first-order valence-electron chi connectivity index (χ1n) is 8.63. The third-order valence-corrected chi connectivity index (χ3v) is 4.03. The predicted molar refractivity (Wildman–Crippen MR) is 103 cm³/mol. The molecule has 2 N–H and O–H groups in total. The van der Waals surface area contributed by atoms with E-state index in [2.05, 4.69) is 46.6 Å². The Morgan fingerprint density at radius 2 is 1.69 bits per heavy atom. The maximum absolute atomic E-state index is 12.2. The molecule has 132 valence electrons. The van der Waals surface area contributed by atoms with Crippen LogP contribution in [0.5, 0.6) is 0 Å². The molecule has 0 saturated carbocycles. The monoisotopic (exact) mass is 346 g/mol. The topological polar surface area (TPSA) is 66.9 Å². The van der Waals surface area contributed by atoms with Crippen molar-refractivity contribution in [3.05, 3.63) is 83.8 Å². The number of hydrogen-bond acceptors (Lipinski definition) is 4. The number of nitrogens with one attached hydrogen (secondary N) is 2. The van der Waals surface area contributed by atoms with Gasteiger partial charge in [0.2, 0.25) is 0 Å². The normalized spacial score (nSPS) is 10.6. The fraction of sp³-hybridized carbons (Fsp3) is 0.190. The minimum absolute atomic E-state index is 0.241. The maximum Gasteiger partial charge on any atom is 0.271 e. The van der Waals surface area contributed by atoms with Gasteiger partial charge in [0.25, 0.3) is 5.91 Å². The standard InChI is InChI=1S/C21H22N4O/c1-15(2)17-8-10-18(11-9-17)25-20-14-22-19(13-23-20)21(26)24-12-16-6-4-3-5-7-16/h3-11,13-15H,12H2,1-2H3,(H,23,25)(H,24,26). The van der Waals surface area contributed by atoms with E-state index in [0.717, 1.165) is 11.3 Å². The smallest absolute Gasteiger partial charge is 0.271 e. The van der Waals surface area contributed by atoms with E-state index in [9.17, 15) is 4.79 Å². The van der Waals surface area contributed by atoms with Crippen molar-refractivity contribution in [2.24, 2.45) is 0 Å². The van der Waals surface area contributed by atoms with Gasteiger partial charge < -0.3 is 10.6 Å². The van der Waals surface area contributed by atoms with Gasteiger partial charge in [-0.25, -0.2) is 9.97 Å². The Morgan fingerprint density at radius 1 is 0.962 bits per heavy atom. The van der Waals surface area contributed by atoms with E-state index >= 15 is 0 Å². The Hall–Kier alpha value is -3.21. The summed E-state index contributed by atoms with van der Waals surface area (Å²) in [4.78, 5) is 20.6. The van der Waals surface area contributed by atoms with Crippen LogP contribution < -0.4 is 10.6 Å². The van der Waals surface area contributed by atoms with Crippen LogP contribution in [0.2, 0.25) is 0 Å². The summed E-state index contributed by atoms with van der Waals surface area (Å²) in [6.07, 6.45) is 3.04. The number of nitrogens with zero attached hydrogens (tertiary/aromatic N) is 2. The molecular weight excluding hydrogens is 324 g/mol. The number of aromatic nitrogens is 2. The van der Waals surface area contributed by atoms with Crippen molar-refractivity contribution in [2.45, 2.75) is 26.3 Å². The molecule has 0 atom stereocenters. The van der Waals surface area contributed by atoms with E-state index in [1.54, 1.807) is 6.20 Å². The second kappa shape index (κ2) is 8.25. The lowest BCUT2D eigenvalue weighted by molar-refractivity contribution is 0.0945. The molecule has 1 heterocycles. The molecule has 1 aromatic heterocycles. The zero-order valence-electron chi connectivity index (χ0n) is 14.9. The summed E-state index contributed by atoms with van der Waals surface area (Å²) in [6.45, 7) is 4.79. The third-order valence-electron chi connectivity index (χ3n) is 4.03. The van der Waals surface area contributed by atoms with E-state index in [0.29, 0.717) is 24.0 Å². The molecule has 0 bridgehead atoms. The minimum Gasteiger partial charge on any atom is -0.347 e. The van der Waals surface area contributed by atoms with Crippen molar-refractivity contribution in [1.29, 1.82) is 0 Å². The highest BCUT2D eigenvalue weighted by molar-refractivity contribution is 5.92. The summed E-state index contributed by atoms with van der Waals surface area (Å²) in [5.74, 6) is 0.855. The van der Waals surface area contributed by atoms with Crippen LogP contribution in [0.4, 0.5) is 11.5 Å². The Kier molecular flexibility index (Phi) is 5.59. The summed E-state index contributed by atoms with van der Waals surface area (Å²) in [6, 6.07) is 17.9. The fourth-order valence-electron chi connectivity index (χ4n) is 2.48. The molecule has 1 amide bonds. The van der Waals surface area contributed by atoms with Gasteiger partial charge >= 0.3 is 0 Å². The zero-order valence-corrected chi connectivity index (χ0v) is 14.9. The van der Waals surface area contributed by atoms with Gasteiger partial charge in [0, 0.05) is 12.2 Å². The molecule has 0 spiro atoms. The lowest BCUT2D eigenvalue weighted by Crippen LogP contribution is -2.24. The summed E-state index contributed by atoms with van der Waals surface area (Å²) >= 11 is 0. The second-order valence-corrected chi connectivity index (χ2v) is 6.36. The molecule has 3 aromatic rings. The molecule has 2 aromatic carbocycles. The maximum atomic E-state index is 12.2. The molecule has 0 unspecified atom stereocenters. The van der Waals surface area contributed by atoms with Gasteiger partial charge in [-0.3, -0.25) is 4.79 Å². The first kappa shape index (κ1) is 17.6. The van der Waals surface area contributed by atoms with Gasteiger partial charge in [0.15, 0.2) is 0 Å². The van der Waals surface area contributed by atoms with Crippen LogP contribution >= 0.6 is 0 Å². The summed E-state index contributed by atoms with van der Waals surface area (Å²) < 4.78 is 0. The molecule has 5 heteroatoms. The van der Waals surface area contributed by atoms with Crippen molar-refractivity contribution < 1.29 is 4.79 Å². The van der Waals surface area contributed by atoms with Crippen LogP contribution in [0.3, 0.4) is 0 Å². The first-order chi connectivity index (χ1) is 12.6. The molecule has 0 aliphatic carbocycles. The first-order valence-corrected chi connectivity index (χ1v) is 8.63. The van der Waals surface area contributed by atoms with Crippen LogP contribution in [0.15, 0.2) is 67.0 Å². The van der Waals surface area contributed by atoms with Gasteiger partial charge in [-0.2, -0.15) is 0 Å². The van der Waals surface area contributed by atoms with E-state index in [4.69, 9.17) is 0 Å². The van der Waals surface area contributed by atoms with Crippen LogP contribution in [-0.4, -0.2) is 15.9 Å². The van der Waals surface area contributed by atoms with Crippen molar-refractivity contribution in [1.82, 2.24) is 15.3 Å². The van der Waals surface area contributed by atoms with E-state index in [1.165, 1.54) is 11.8 Å². The average molecular weight is 346 g/mol. The number of amides is 1. The van der Waals surface area contributed by atoms with Gasteiger partial charge in [-0.1, -0.05) is 56.3 Å². The second-order valence-electron chi connectivity index (χ2n) is 6.36.